The van der Waals surface area contributed by atoms with Crippen molar-refractivity contribution in [2.45, 2.75) is 24.8 Å². The van der Waals surface area contributed by atoms with E-state index in [1.54, 1.807) is 11.8 Å². The molecule has 1 aromatic heterocycles. The van der Waals surface area contributed by atoms with E-state index in [9.17, 15) is 0 Å². The van der Waals surface area contributed by atoms with Gasteiger partial charge >= 0.3 is 0 Å². The van der Waals surface area contributed by atoms with Crippen molar-refractivity contribution in [3.63, 3.8) is 0 Å². The fourth-order valence-electron chi connectivity index (χ4n) is 3.03. The Morgan fingerprint density at radius 2 is 1.61 bits per heavy atom. The first-order chi connectivity index (χ1) is 13.6. The highest BCUT2D eigenvalue weighted by atomic mass is 35.5. The zero-order valence-electron chi connectivity index (χ0n) is 15.8. The molecule has 0 radical (unpaired) electrons. The Kier molecular flexibility index (Phi) is 5.51. The molecule has 4 aromatic rings. The monoisotopic (exact) mass is 405 g/mol. The second-order valence-electron chi connectivity index (χ2n) is 6.76. The van der Waals surface area contributed by atoms with Crippen molar-refractivity contribution in [3.8, 4) is 17.1 Å². The minimum atomic E-state index is 0.708. The minimum Gasteiger partial charge on any atom is -0.270 e. The van der Waals surface area contributed by atoms with Gasteiger partial charge in [0.25, 0.3) is 0 Å². The highest BCUT2D eigenvalue weighted by molar-refractivity contribution is 7.98. The first-order valence-corrected chi connectivity index (χ1v) is 10.4. The minimum absolute atomic E-state index is 0.708. The zero-order chi connectivity index (χ0) is 19.5. The average Bonchev–Trinajstić information content (AvgIpc) is 3.11. The van der Waals surface area contributed by atoms with Gasteiger partial charge in [-0.3, -0.25) is 4.57 Å². The van der Waals surface area contributed by atoms with E-state index in [1.165, 1.54) is 16.7 Å². The van der Waals surface area contributed by atoms with Crippen LogP contribution in [0.3, 0.4) is 0 Å². The van der Waals surface area contributed by atoms with Gasteiger partial charge in [-0.25, -0.2) is 0 Å². The molecule has 4 rings (SSSR count). The van der Waals surface area contributed by atoms with Gasteiger partial charge in [-0.15, -0.1) is 10.2 Å². The molecular weight excluding hydrogens is 386 g/mol. The molecule has 0 fully saturated rings. The Bertz CT molecular complexity index is 1090. The summed E-state index contributed by atoms with van der Waals surface area (Å²) in [6.45, 7) is 4.20. The van der Waals surface area contributed by atoms with Crippen molar-refractivity contribution in [3.05, 3.63) is 94.5 Å². The lowest BCUT2D eigenvalue weighted by atomic mass is 10.2. The Morgan fingerprint density at radius 3 is 2.32 bits per heavy atom. The van der Waals surface area contributed by atoms with E-state index in [2.05, 4.69) is 77.1 Å². The van der Waals surface area contributed by atoms with Crippen LogP contribution in [0.1, 0.15) is 16.7 Å². The number of aromatic nitrogens is 3. The normalized spacial score (nSPS) is 11.0. The summed E-state index contributed by atoms with van der Waals surface area (Å²) in [4.78, 5) is 0. The molecule has 0 aliphatic rings. The molecule has 0 spiro atoms. The van der Waals surface area contributed by atoms with Gasteiger partial charge in [0, 0.05) is 22.0 Å². The maximum absolute atomic E-state index is 6.06. The van der Waals surface area contributed by atoms with Crippen molar-refractivity contribution in [2.24, 2.45) is 0 Å². The van der Waals surface area contributed by atoms with Crippen LogP contribution in [0.25, 0.3) is 17.1 Å². The van der Waals surface area contributed by atoms with E-state index in [0.717, 1.165) is 28.0 Å². The smallest absolute Gasteiger partial charge is 0.196 e. The van der Waals surface area contributed by atoms with Gasteiger partial charge < -0.3 is 0 Å². The van der Waals surface area contributed by atoms with Crippen LogP contribution in [0.4, 0.5) is 0 Å². The number of hydrogen-bond donors (Lipinski definition) is 0. The molecule has 3 aromatic carbocycles. The molecule has 0 aliphatic carbocycles. The summed E-state index contributed by atoms with van der Waals surface area (Å²) < 4.78 is 2.11. The van der Waals surface area contributed by atoms with E-state index in [1.807, 2.05) is 24.3 Å². The Labute approximate surface area is 174 Å². The third kappa shape index (κ3) is 4.13. The van der Waals surface area contributed by atoms with Crippen LogP contribution in [-0.2, 0) is 5.75 Å². The summed E-state index contributed by atoms with van der Waals surface area (Å²) in [5.74, 6) is 1.65. The molecule has 0 saturated heterocycles. The molecule has 0 N–H and O–H groups in total. The second kappa shape index (κ2) is 8.21. The molecule has 1 heterocycles. The highest BCUT2D eigenvalue weighted by Crippen LogP contribution is 2.30. The molecular formula is C23H20ClN3S. The van der Waals surface area contributed by atoms with Crippen LogP contribution in [-0.4, -0.2) is 14.8 Å². The van der Waals surface area contributed by atoms with Crippen LogP contribution in [0.2, 0.25) is 5.02 Å². The largest absolute Gasteiger partial charge is 0.270 e. The molecule has 0 saturated carbocycles. The van der Waals surface area contributed by atoms with Crippen molar-refractivity contribution in [1.82, 2.24) is 14.8 Å². The van der Waals surface area contributed by atoms with Crippen molar-refractivity contribution in [1.29, 1.82) is 0 Å². The molecule has 140 valence electrons. The maximum atomic E-state index is 6.06. The zero-order valence-corrected chi connectivity index (χ0v) is 17.3. The third-order valence-corrected chi connectivity index (χ3v) is 5.73. The molecule has 0 amide bonds. The van der Waals surface area contributed by atoms with Gasteiger partial charge in [-0.1, -0.05) is 70.9 Å². The fraction of sp³-hybridized carbons (Fsp3) is 0.130. The Morgan fingerprint density at radius 1 is 0.857 bits per heavy atom. The highest BCUT2D eigenvalue weighted by Gasteiger charge is 2.16. The van der Waals surface area contributed by atoms with Gasteiger partial charge in [-0.05, 0) is 55.8 Å². The molecule has 5 heteroatoms. The summed E-state index contributed by atoms with van der Waals surface area (Å²) >= 11 is 7.75. The van der Waals surface area contributed by atoms with E-state index in [-0.39, 0.29) is 0 Å². The van der Waals surface area contributed by atoms with Gasteiger partial charge in [0.15, 0.2) is 11.0 Å². The number of halogens is 1. The van der Waals surface area contributed by atoms with E-state index < -0.39 is 0 Å². The SMILES string of the molecule is Cc1ccc(-n2c(SCc3cccc(C)c3)nnc2-c2ccc(Cl)cc2)cc1. The van der Waals surface area contributed by atoms with Gasteiger partial charge in [-0.2, -0.15) is 0 Å². The number of hydrogen-bond acceptors (Lipinski definition) is 3. The lowest BCUT2D eigenvalue weighted by molar-refractivity contribution is 0.885. The summed E-state index contributed by atoms with van der Waals surface area (Å²) in [6.07, 6.45) is 0. The first kappa shape index (κ1) is 18.8. The Balaban J connectivity index is 1.73. The first-order valence-electron chi connectivity index (χ1n) is 9.07. The lowest BCUT2D eigenvalue weighted by Crippen LogP contribution is -2.00. The number of rotatable bonds is 5. The summed E-state index contributed by atoms with van der Waals surface area (Å²) in [7, 11) is 0. The molecule has 0 aliphatic heterocycles. The molecule has 0 bridgehead atoms. The van der Waals surface area contributed by atoms with E-state index >= 15 is 0 Å². The third-order valence-electron chi connectivity index (χ3n) is 4.48. The van der Waals surface area contributed by atoms with Crippen LogP contribution in [0, 0.1) is 13.8 Å². The quantitative estimate of drug-likeness (QED) is 0.355. The summed E-state index contributed by atoms with van der Waals surface area (Å²) in [5.41, 5.74) is 5.79. The van der Waals surface area contributed by atoms with Crippen molar-refractivity contribution in [2.75, 3.05) is 0 Å². The molecule has 28 heavy (non-hydrogen) atoms. The average molecular weight is 406 g/mol. The van der Waals surface area contributed by atoms with Crippen LogP contribution < -0.4 is 0 Å². The van der Waals surface area contributed by atoms with Crippen LogP contribution in [0.15, 0.2) is 78.0 Å². The standard InChI is InChI=1S/C23H20ClN3S/c1-16-6-12-21(13-7-16)27-22(19-8-10-20(24)11-9-19)25-26-23(27)28-15-18-5-3-4-17(2)14-18/h3-14H,15H2,1-2H3. The molecule has 3 nitrogen and oxygen atoms in total. The lowest BCUT2D eigenvalue weighted by Gasteiger charge is -2.11. The van der Waals surface area contributed by atoms with Crippen molar-refractivity contribution >= 4 is 23.4 Å². The second-order valence-corrected chi connectivity index (χ2v) is 8.14. The van der Waals surface area contributed by atoms with Gasteiger partial charge in [0.1, 0.15) is 0 Å². The van der Waals surface area contributed by atoms with Gasteiger partial charge in [0.2, 0.25) is 0 Å². The number of nitrogens with zero attached hydrogens (tertiary/aromatic N) is 3. The predicted molar refractivity (Wildman–Crippen MR) is 117 cm³/mol. The summed E-state index contributed by atoms with van der Waals surface area (Å²) in [5, 5.41) is 10.6. The number of thioether (sulfide) groups is 1. The summed E-state index contributed by atoms with van der Waals surface area (Å²) in [6, 6.07) is 24.7. The molecule has 0 atom stereocenters. The topological polar surface area (TPSA) is 30.7 Å². The van der Waals surface area contributed by atoms with E-state index in [4.69, 9.17) is 11.6 Å². The number of aryl methyl sites for hydroxylation is 2. The number of benzene rings is 3. The van der Waals surface area contributed by atoms with Crippen LogP contribution in [0.5, 0.6) is 0 Å². The van der Waals surface area contributed by atoms with Crippen molar-refractivity contribution < 1.29 is 0 Å². The van der Waals surface area contributed by atoms with Crippen LogP contribution >= 0.6 is 23.4 Å². The van der Waals surface area contributed by atoms with Gasteiger partial charge in [0.05, 0.1) is 0 Å². The fourth-order valence-corrected chi connectivity index (χ4v) is 4.05. The predicted octanol–water partition coefficient (Wildman–Crippen LogP) is 6.50. The molecule has 0 unspecified atom stereocenters. The maximum Gasteiger partial charge on any atom is 0.196 e. The Hall–Kier alpha value is -2.56. The van der Waals surface area contributed by atoms with E-state index in [0.29, 0.717) is 5.02 Å².